The molecule has 0 saturated heterocycles. The number of carbonyl (C=O) groups excluding carboxylic acids is 1. The zero-order valence-electron chi connectivity index (χ0n) is 11.6. The summed E-state index contributed by atoms with van der Waals surface area (Å²) >= 11 is 6.11. The third-order valence-electron chi connectivity index (χ3n) is 3.10. The maximum atomic E-state index is 12.6. The number of anilines is 2. The van der Waals surface area contributed by atoms with Crippen LogP contribution in [0.15, 0.2) is 42.5 Å². The first-order chi connectivity index (χ1) is 9.52. The SMILES string of the molecule is CCN(C(=O)c1cc(N)ccc1Cl)c1cccc(C)c1. The number of benzene rings is 2. The molecule has 0 spiro atoms. The molecule has 0 atom stereocenters. The number of halogens is 1. The van der Waals surface area contributed by atoms with Crippen LogP contribution in [0.3, 0.4) is 0 Å². The van der Waals surface area contributed by atoms with Crippen LogP contribution in [-0.2, 0) is 0 Å². The third-order valence-corrected chi connectivity index (χ3v) is 3.43. The summed E-state index contributed by atoms with van der Waals surface area (Å²) in [5, 5.41) is 0.412. The Balaban J connectivity index is 2.41. The molecule has 2 rings (SSSR count). The van der Waals surface area contributed by atoms with Crippen molar-refractivity contribution in [3.05, 3.63) is 58.6 Å². The van der Waals surface area contributed by atoms with E-state index in [1.807, 2.05) is 38.1 Å². The van der Waals surface area contributed by atoms with E-state index >= 15 is 0 Å². The monoisotopic (exact) mass is 288 g/mol. The number of rotatable bonds is 3. The van der Waals surface area contributed by atoms with Crippen molar-refractivity contribution in [3.8, 4) is 0 Å². The summed E-state index contributed by atoms with van der Waals surface area (Å²) in [4.78, 5) is 14.3. The normalized spacial score (nSPS) is 10.3. The largest absolute Gasteiger partial charge is 0.399 e. The second-order valence-corrected chi connectivity index (χ2v) is 5.03. The van der Waals surface area contributed by atoms with E-state index in [4.69, 9.17) is 17.3 Å². The van der Waals surface area contributed by atoms with Crippen molar-refractivity contribution in [2.75, 3.05) is 17.2 Å². The van der Waals surface area contributed by atoms with Crippen molar-refractivity contribution in [3.63, 3.8) is 0 Å². The molecule has 0 heterocycles. The Morgan fingerprint density at radius 1 is 1.25 bits per heavy atom. The standard InChI is InChI=1S/C16H17ClN2O/c1-3-19(13-6-4-5-11(2)9-13)16(20)14-10-12(18)7-8-15(14)17/h4-10H,3,18H2,1-2H3. The van der Waals surface area contributed by atoms with Crippen molar-refractivity contribution >= 4 is 28.9 Å². The predicted molar refractivity (Wildman–Crippen MR) is 84.4 cm³/mol. The van der Waals surface area contributed by atoms with Gasteiger partial charge in [0.25, 0.3) is 5.91 Å². The second kappa shape index (κ2) is 5.97. The van der Waals surface area contributed by atoms with Crippen molar-refractivity contribution in [1.29, 1.82) is 0 Å². The summed E-state index contributed by atoms with van der Waals surface area (Å²) in [6, 6.07) is 12.8. The highest BCUT2D eigenvalue weighted by Crippen LogP contribution is 2.24. The van der Waals surface area contributed by atoms with Crippen LogP contribution < -0.4 is 10.6 Å². The number of nitrogen functional groups attached to an aromatic ring is 1. The summed E-state index contributed by atoms with van der Waals surface area (Å²) in [5.74, 6) is -0.143. The van der Waals surface area contributed by atoms with E-state index in [9.17, 15) is 4.79 Å². The molecule has 104 valence electrons. The second-order valence-electron chi connectivity index (χ2n) is 4.63. The molecule has 2 aromatic rings. The zero-order valence-corrected chi connectivity index (χ0v) is 12.3. The van der Waals surface area contributed by atoms with Gasteiger partial charge < -0.3 is 10.6 Å². The topological polar surface area (TPSA) is 46.3 Å². The van der Waals surface area contributed by atoms with Gasteiger partial charge in [0.15, 0.2) is 0 Å². The molecule has 0 aromatic heterocycles. The molecule has 4 heteroatoms. The van der Waals surface area contributed by atoms with Crippen molar-refractivity contribution in [1.82, 2.24) is 0 Å². The van der Waals surface area contributed by atoms with Gasteiger partial charge in [-0.2, -0.15) is 0 Å². The lowest BCUT2D eigenvalue weighted by atomic mass is 10.1. The quantitative estimate of drug-likeness (QED) is 0.871. The minimum atomic E-state index is -0.143. The maximum Gasteiger partial charge on any atom is 0.259 e. The minimum absolute atomic E-state index is 0.143. The van der Waals surface area contributed by atoms with Crippen molar-refractivity contribution in [2.45, 2.75) is 13.8 Å². The summed E-state index contributed by atoms with van der Waals surface area (Å²) in [5.41, 5.74) is 8.65. The lowest BCUT2D eigenvalue weighted by Crippen LogP contribution is -2.31. The maximum absolute atomic E-state index is 12.6. The first-order valence-corrected chi connectivity index (χ1v) is 6.84. The van der Waals surface area contributed by atoms with Crippen molar-refractivity contribution < 1.29 is 4.79 Å². The summed E-state index contributed by atoms with van der Waals surface area (Å²) in [6.07, 6.45) is 0. The third kappa shape index (κ3) is 2.94. The number of nitrogens with zero attached hydrogens (tertiary/aromatic N) is 1. The molecule has 0 saturated carbocycles. The van der Waals surface area contributed by atoms with Gasteiger partial charge in [-0.05, 0) is 49.7 Å². The first-order valence-electron chi connectivity index (χ1n) is 6.46. The lowest BCUT2D eigenvalue weighted by molar-refractivity contribution is 0.0988. The highest BCUT2D eigenvalue weighted by molar-refractivity contribution is 6.34. The molecule has 2 aromatic carbocycles. The van der Waals surface area contributed by atoms with E-state index in [1.165, 1.54) is 0 Å². The lowest BCUT2D eigenvalue weighted by Gasteiger charge is -2.22. The molecule has 0 unspecified atom stereocenters. The number of hydrogen-bond acceptors (Lipinski definition) is 2. The van der Waals surface area contributed by atoms with Crippen LogP contribution in [0.1, 0.15) is 22.8 Å². The van der Waals surface area contributed by atoms with Crippen LogP contribution in [-0.4, -0.2) is 12.5 Å². The Kier molecular flexibility index (Phi) is 4.30. The fourth-order valence-corrected chi connectivity index (χ4v) is 2.29. The first kappa shape index (κ1) is 14.4. The Morgan fingerprint density at radius 3 is 2.65 bits per heavy atom. The van der Waals surface area contributed by atoms with Crippen molar-refractivity contribution in [2.24, 2.45) is 0 Å². The molecule has 0 aliphatic carbocycles. The Bertz CT molecular complexity index is 640. The number of nitrogens with two attached hydrogens (primary N) is 1. The number of amides is 1. The smallest absolute Gasteiger partial charge is 0.259 e. The number of hydrogen-bond donors (Lipinski definition) is 1. The molecule has 2 N–H and O–H groups in total. The van der Waals surface area contributed by atoms with Gasteiger partial charge >= 0.3 is 0 Å². The van der Waals surface area contributed by atoms with Crippen LogP contribution in [0, 0.1) is 6.92 Å². The molecule has 1 amide bonds. The van der Waals surface area contributed by atoms with Crippen LogP contribution in [0.2, 0.25) is 5.02 Å². The Labute approximate surface area is 124 Å². The van der Waals surface area contributed by atoms with Gasteiger partial charge in [0.1, 0.15) is 0 Å². The van der Waals surface area contributed by atoms with E-state index in [0.29, 0.717) is 22.8 Å². The fraction of sp³-hybridized carbons (Fsp3) is 0.188. The molecule has 0 fully saturated rings. The van der Waals surface area contributed by atoms with Gasteiger partial charge in [-0.1, -0.05) is 23.7 Å². The van der Waals surface area contributed by atoms with E-state index in [2.05, 4.69) is 0 Å². The highest BCUT2D eigenvalue weighted by atomic mass is 35.5. The van der Waals surface area contributed by atoms with Gasteiger partial charge in [0.05, 0.1) is 10.6 Å². The van der Waals surface area contributed by atoms with Gasteiger partial charge in [0.2, 0.25) is 0 Å². The molecule has 0 bridgehead atoms. The van der Waals surface area contributed by atoms with E-state index in [1.54, 1.807) is 23.1 Å². The van der Waals surface area contributed by atoms with Gasteiger partial charge in [-0.25, -0.2) is 0 Å². The molecular formula is C16H17ClN2O. The summed E-state index contributed by atoms with van der Waals surface area (Å²) < 4.78 is 0. The van der Waals surface area contributed by atoms with Gasteiger partial charge in [-0.3, -0.25) is 4.79 Å². The minimum Gasteiger partial charge on any atom is -0.399 e. The average molecular weight is 289 g/mol. The predicted octanol–water partition coefficient (Wildman–Crippen LogP) is 3.90. The highest BCUT2D eigenvalue weighted by Gasteiger charge is 2.19. The Morgan fingerprint density at radius 2 is 2.00 bits per heavy atom. The number of aryl methyl sites for hydroxylation is 1. The van der Waals surface area contributed by atoms with E-state index < -0.39 is 0 Å². The Hall–Kier alpha value is -2.00. The molecule has 0 radical (unpaired) electrons. The van der Waals surface area contributed by atoms with E-state index in [0.717, 1.165) is 11.3 Å². The molecule has 0 aliphatic rings. The van der Waals surface area contributed by atoms with Crippen LogP contribution in [0.25, 0.3) is 0 Å². The zero-order chi connectivity index (χ0) is 14.7. The van der Waals surface area contributed by atoms with Crippen LogP contribution in [0.4, 0.5) is 11.4 Å². The molecular weight excluding hydrogens is 272 g/mol. The van der Waals surface area contributed by atoms with Crippen LogP contribution >= 0.6 is 11.6 Å². The summed E-state index contributed by atoms with van der Waals surface area (Å²) in [7, 11) is 0. The van der Waals surface area contributed by atoms with Gasteiger partial charge in [0, 0.05) is 17.9 Å². The van der Waals surface area contributed by atoms with Crippen LogP contribution in [0.5, 0.6) is 0 Å². The van der Waals surface area contributed by atoms with E-state index in [-0.39, 0.29) is 5.91 Å². The van der Waals surface area contributed by atoms with Gasteiger partial charge in [-0.15, -0.1) is 0 Å². The molecule has 0 aliphatic heterocycles. The molecule has 20 heavy (non-hydrogen) atoms. The average Bonchev–Trinajstić information content (AvgIpc) is 2.42. The molecule has 3 nitrogen and oxygen atoms in total. The summed E-state index contributed by atoms with van der Waals surface area (Å²) in [6.45, 7) is 4.49. The fourth-order valence-electron chi connectivity index (χ4n) is 2.09. The number of carbonyl (C=O) groups is 1.